The summed E-state index contributed by atoms with van der Waals surface area (Å²) in [7, 11) is 3.18. The Labute approximate surface area is 343 Å². The van der Waals surface area contributed by atoms with Crippen molar-refractivity contribution in [3.05, 3.63) is 99.5 Å². The van der Waals surface area contributed by atoms with Gasteiger partial charge in [-0.2, -0.15) is 5.26 Å². The zero-order valence-corrected chi connectivity index (χ0v) is 35.7. The summed E-state index contributed by atoms with van der Waals surface area (Å²) >= 11 is 17.2. The Morgan fingerprint density at radius 1 is 0.774 bits per heavy atom. The van der Waals surface area contributed by atoms with Gasteiger partial charge in [-0.3, -0.25) is 0 Å². The lowest BCUT2D eigenvalue weighted by Gasteiger charge is -2.12. The van der Waals surface area contributed by atoms with Gasteiger partial charge in [-0.1, -0.05) is 36.4 Å². The molecule has 0 radical (unpaired) electrons. The van der Waals surface area contributed by atoms with E-state index in [0.29, 0.717) is 63.4 Å². The van der Waals surface area contributed by atoms with E-state index in [1.807, 2.05) is 59.2 Å². The number of benzene rings is 2. The van der Waals surface area contributed by atoms with E-state index < -0.39 is 23.4 Å². The molecule has 0 amide bonds. The van der Waals surface area contributed by atoms with Crippen molar-refractivity contribution in [2.75, 3.05) is 20.8 Å². The second-order valence-electron chi connectivity index (χ2n) is 10.8. The summed E-state index contributed by atoms with van der Waals surface area (Å²) < 4.78 is 22.0. The molecule has 0 atom stereocenters. The van der Waals surface area contributed by atoms with E-state index in [-0.39, 0.29) is 23.7 Å². The summed E-state index contributed by atoms with van der Waals surface area (Å²) in [6, 6.07) is 17.1. The molecule has 4 heterocycles. The first-order chi connectivity index (χ1) is 25.3. The number of hydrogen-bond donors (Lipinski definition) is 3. The third-order valence-electron chi connectivity index (χ3n) is 7.88. The number of rotatable bonds is 9. The van der Waals surface area contributed by atoms with Crippen LogP contribution >= 0.6 is 79.6 Å². The SMILES string of the molecule is CCOC(=O)c1nc(C#N)c2c(c1O)c(Br)c(Br)n2Cc1ccccc1OC.COc1ccccc1Cn1c(Br)c(Br)c2c(O)c(C(=O)O)nc(Br)c21. The van der Waals surface area contributed by atoms with Crippen LogP contribution in [-0.4, -0.2) is 67.2 Å². The lowest BCUT2D eigenvalue weighted by Crippen LogP contribution is -2.10. The standard InChI is InChI=1S/C19H15Br2N3O4.C16H11Br3N2O4/c1-3-28-19(26)15-17(25)13-14(20)18(21)24(16(13)11(8-22)23-15)9-10-6-4-5-7-12(10)27-2;1-25-8-5-3-2-4-7(8)6-21-12-9(10(17)15(21)19)13(22)11(16(23)24)20-14(12)18/h4-7,25H,3,9H2,1-2H3;2-5,22H,6H2,1H3,(H,23,24). The first-order valence-electron chi connectivity index (χ1n) is 15.2. The second kappa shape index (κ2) is 16.9. The third kappa shape index (κ3) is 7.63. The van der Waals surface area contributed by atoms with Crippen LogP contribution in [-0.2, 0) is 17.8 Å². The molecular weight excluding hydrogens is 1020 g/mol. The van der Waals surface area contributed by atoms with Crippen molar-refractivity contribution in [1.82, 2.24) is 19.1 Å². The minimum Gasteiger partial charge on any atom is -0.505 e. The van der Waals surface area contributed by atoms with Crippen LogP contribution in [0.25, 0.3) is 21.8 Å². The van der Waals surface area contributed by atoms with Crippen LogP contribution in [0.3, 0.4) is 0 Å². The third-order valence-corrected chi connectivity index (χ3v) is 12.7. The molecular formula is C35H26Br5N5O8. The number of methoxy groups -OCH3 is 2. The van der Waals surface area contributed by atoms with Gasteiger partial charge in [-0.15, -0.1) is 0 Å². The van der Waals surface area contributed by atoms with Gasteiger partial charge in [0.1, 0.15) is 31.4 Å². The van der Waals surface area contributed by atoms with Gasteiger partial charge in [0, 0.05) is 11.1 Å². The van der Waals surface area contributed by atoms with E-state index in [1.165, 1.54) is 0 Å². The van der Waals surface area contributed by atoms with Crippen LogP contribution in [0.15, 0.2) is 71.3 Å². The second-order valence-corrected chi connectivity index (χ2v) is 14.7. The van der Waals surface area contributed by atoms with Crippen LogP contribution in [0.2, 0.25) is 0 Å². The number of para-hydroxylation sites is 2. The van der Waals surface area contributed by atoms with E-state index >= 15 is 0 Å². The largest absolute Gasteiger partial charge is 0.505 e. The maximum atomic E-state index is 12.2. The Hall–Kier alpha value is -4.15. The highest BCUT2D eigenvalue weighted by atomic mass is 79.9. The molecule has 0 fully saturated rings. The Morgan fingerprint density at radius 2 is 1.25 bits per heavy atom. The van der Waals surface area contributed by atoms with Crippen LogP contribution in [0.1, 0.15) is 44.7 Å². The summed E-state index contributed by atoms with van der Waals surface area (Å²) in [5.41, 5.74) is 2.02. The smallest absolute Gasteiger partial charge is 0.360 e. The molecule has 53 heavy (non-hydrogen) atoms. The van der Waals surface area contributed by atoms with Gasteiger partial charge in [0.25, 0.3) is 0 Å². The van der Waals surface area contributed by atoms with Crippen LogP contribution in [0.5, 0.6) is 23.0 Å². The average Bonchev–Trinajstić information content (AvgIpc) is 3.55. The first kappa shape index (κ1) is 40.0. The highest BCUT2D eigenvalue weighted by Crippen LogP contribution is 2.45. The lowest BCUT2D eigenvalue weighted by molar-refractivity contribution is 0.0515. The van der Waals surface area contributed by atoms with Gasteiger partial charge in [0.15, 0.2) is 28.6 Å². The predicted molar refractivity (Wildman–Crippen MR) is 213 cm³/mol. The quantitative estimate of drug-likeness (QED) is 0.0928. The first-order valence-corrected chi connectivity index (χ1v) is 19.2. The van der Waals surface area contributed by atoms with Crippen molar-refractivity contribution in [3.63, 3.8) is 0 Å². The number of carboxylic acid groups (broad SMARTS) is 1. The summed E-state index contributed by atoms with van der Waals surface area (Å²) in [5.74, 6) is -1.43. The predicted octanol–water partition coefficient (Wildman–Crippen LogP) is 9.16. The minimum absolute atomic E-state index is 0.00264. The molecule has 274 valence electrons. The average molecular weight is 1040 g/mol. The fraction of sp³-hybridized carbons (Fsp3) is 0.171. The van der Waals surface area contributed by atoms with Gasteiger partial charge < -0.3 is 38.7 Å². The van der Waals surface area contributed by atoms with E-state index in [1.54, 1.807) is 25.7 Å². The summed E-state index contributed by atoms with van der Waals surface area (Å²) in [6.45, 7) is 2.55. The Bertz CT molecular complexity index is 2460. The normalized spacial score (nSPS) is 10.8. The number of halogens is 5. The van der Waals surface area contributed by atoms with Crippen molar-refractivity contribution in [2.45, 2.75) is 20.0 Å². The van der Waals surface area contributed by atoms with Gasteiger partial charge >= 0.3 is 11.9 Å². The molecule has 0 spiro atoms. The van der Waals surface area contributed by atoms with Gasteiger partial charge in [0.05, 0.1) is 64.7 Å². The number of carbonyl (C=O) groups is 2. The molecule has 2 aromatic carbocycles. The number of ether oxygens (including phenoxy) is 3. The number of aromatic nitrogens is 4. The number of esters is 1. The van der Waals surface area contributed by atoms with Crippen molar-refractivity contribution >= 4 is 113 Å². The van der Waals surface area contributed by atoms with Crippen LogP contribution in [0.4, 0.5) is 0 Å². The number of carboxylic acids is 1. The molecule has 0 aliphatic carbocycles. The molecule has 6 aromatic rings. The maximum Gasteiger partial charge on any atom is 0.360 e. The minimum atomic E-state index is -1.30. The van der Waals surface area contributed by atoms with Crippen molar-refractivity contribution < 1.29 is 39.1 Å². The molecule has 6 rings (SSSR count). The molecule has 18 heteroatoms. The number of pyridine rings is 2. The number of fused-ring (bicyclic) bond motifs is 2. The molecule has 0 aliphatic heterocycles. The zero-order chi connectivity index (χ0) is 38.7. The summed E-state index contributed by atoms with van der Waals surface area (Å²) in [4.78, 5) is 31.5. The Balaban J connectivity index is 0.000000206. The van der Waals surface area contributed by atoms with Crippen molar-refractivity contribution in [3.8, 4) is 29.1 Å². The van der Waals surface area contributed by atoms with E-state index in [9.17, 15) is 30.2 Å². The number of hydrogen-bond acceptors (Lipinski definition) is 10. The highest BCUT2D eigenvalue weighted by Gasteiger charge is 2.28. The van der Waals surface area contributed by atoms with Crippen molar-refractivity contribution in [2.24, 2.45) is 0 Å². The van der Waals surface area contributed by atoms with Gasteiger partial charge in [-0.25, -0.2) is 19.6 Å². The maximum absolute atomic E-state index is 12.2. The number of nitriles is 1. The fourth-order valence-corrected chi connectivity index (χ4v) is 8.31. The highest BCUT2D eigenvalue weighted by molar-refractivity contribution is 9.13. The zero-order valence-electron chi connectivity index (χ0n) is 27.7. The van der Waals surface area contributed by atoms with Gasteiger partial charge in [0.2, 0.25) is 0 Å². The van der Waals surface area contributed by atoms with Crippen LogP contribution < -0.4 is 9.47 Å². The molecule has 0 aliphatic rings. The molecule has 0 unspecified atom stereocenters. The summed E-state index contributed by atoms with van der Waals surface area (Å²) in [5, 5.41) is 40.6. The van der Waals surface area contributed by atoms with Gasteiger partial charge in [-0.05, 0) is 98.7 Å². The fourth-order valence-electron chi connectivity index (χ4n) is 5.54. The molecule has 0 saturated heterocycles. The Morgan fingerprint density at radius 3 is 1.72 bits per heavy atom. The Kier molecular flexibility index (Phi) is 12.8. The van der Waals surface area contributed by atoms with E-state index in [4.69, 9.17) is 14.2 Å². The molecule has 13 nitrogen and oxygen atoms in total. The number of aromatic carboxylic acids is 1. The molecule has 0 saturated carbocycles. The van der Waals surface area contributed by atoms with Crippen molar-refractivity contribution in [1.29, 1.82) is 5.26 Å². The van der Waals surface area contributed by atoms with E-state index in [2.05, 4.69) is 89.6 Å². The number of aromatic hydroxyl groups is 2. The number of nitrogens with zero attached hydrogens (tertiary/aromatic N) is 5. The molecule has 0 bridgehead atoms. The van der Waals surface area contributed by atoms with Crippen LogP contribution in [0, 0.1) is 11.3 Å². The number of carbonyl (C=O) groups excluding carboxylic acids is 1. The topological polar surface area (TPSA) is 182 Å². The molecule has 4 aromatic heterocycles. The monoisotopic (exact) mass is 1040 g/mol. The molecule has 3 N–H and O–H groups in total. The lowest BCUT2D eigenvalue weighted by atomic mass is 10.1. The summed E-state index contributed by atoms with van der Waals surface area (Å²) in [6.07, 6.45) is 0. The van der Waals surface area contributed by atoms with E-state index in [0.717, 1.165) is 16.9 Å².